The second kappa shape index (κ2) is 26.5. The summed E-state index contributed by atoms with van der Waals surface area (Å²) in [7, 11) is 0. The smallest absolute Gasteiger partial charge is 0.217 e. The summed E-state index contributed by atoms with van der Waals surface area (Å²) in [6.07, 6.45) is 7.96. The number of carbonyl (C=O) groups excluding carboxylic acids is 1. The second-order valence-electron chi connectivity index (χ2n) is 14.2. The van der Waals surface area contributed by atoms with E-state index in [2.05, 4.69) is 12.2 Å². The molecular weight excluding hydrogens is 666 g/mol. The number of nitrogens with one attached hydrogen (secondary N) is 1. The normalized spacial score (nSPS) is 31.2. The Hall–Kier alpha value is -1.27. The lowest BCUT2D eigenvalue weighted by Gasteiger charge is -2.46. The zero-order valence-corrected chi connectivity index (χ0v) is 30.8. The predicted molar refractivity (Wildman–Crippen MR) is 189 cm³/mol. The molecule has 14 heteroatoms. The molecule has 0 aromatic carbocycles. The van der Waals surface area contributed by atoms with E-state index < -0.39 is 92.7 Å². The predicted octanol–water partition coefficient (Wildman–Crippen LogP) is 1.70. The first-order valence-corrected chi connectivity index (χ1v) is 19.4. The third-order valence-electron chi connectivity index (χ3n) is 9.76. The van der Waals surface area contributed by atoms with E-state index in [4.69, 9.17) is 18.9 Å². The van der Waals surface area contributed by atoms with Crippen molar-refractivity contribution in [2.24, 2.45) is 0 Å². The number of amides is 1. The molecule has 0 spiro atoms. The third-order valence-corrected chi connectivity index (χ3v) is 9.76. The van der Waals surface area contributed by atoms with Gasteiger partial charge in [0.2, 0.25) is 5.91 Å². The van der Waals surface area contributed by atoms with E-state index in [1.165, 1.54) is 96.8 Å². The number of allylic oxidation sites excluding steroid dienone is 1. The molecule has 300 valence electrons. The second-order valence-corrected chi connectivity index (χ2v) is 14.2. The molecule has 9 N–H and O–H groups in total. The molecular formula is C37H69NO13. The molecule has 2 rings (SSSR count). The minimum Gasteiger partial charge on any atom is -0.394 e. The van der Waals surface area contributed by atoms with Crippen molar-refractivity contribution in [3.63, 3.8) is 0 Å². The highest BCUT2D eigenvalue weighted by molar-refractivity contribution is 5.73. The molecule has 51 heavy (non-hydrogen) atoms. The molecule has 12 unspecified atom stereocenters. The maximum atomic E-state index is 11.9. The maximum absolute atomic E-state index is 11.9. The van der Waals surface area contributed by atoms with Gasteiger partial charge in [-0.3, -0.25) is 4.79 Å². The van der Waals surface area contributed by atoms with E-state index >= 15 is 0 Å². The topological polar surface area (TPSA) is 228 Å². The van der Waals surface area contributed by atoms with E-state index in [-0.39, 0.29) is 6.61 Å². The Morgan fingerprint density at radius 2 is 1.18 bits per heavy atom. The van der Waals surface area contributed by atoms with Gasteiger partial charge in [-0.1, -0.05) is 115 Å². The molecule has 0 bridgehead atoms. The lowest BCUT2D eigenvalue weighted by atomic mass is 9.97. The molecule has 1 amide bonds. The summed E-state index contributed by atoms with van der Waals surface area (Å²) < 4.78 is 22.2. The van der Waals surface area contributed by atoms with Crippen molar-refractivity contribution in [1.29, 1.82) is 0 Å². The standard InChI is InChI=1S/C37H69NO13/c1-3-4-5-6-7-8-9-10-11-12-13-14-15-16-17-18-19-20-21-27(42)26(38-25(2)41)24-48-36-34(47)32(45)35(29(23-40)50-36)51-37-33(46)31(44)30(43)28(22-39)49-37/h20-21,26-37,39-40,42-47H,3-19,22-24H2,1-2H3,(H,38,41)/b21-20+. The average Bonchev–Trinajstić information content (AvgIpc) is 3.11. The number of hydrogen-bond donors (Lipinski definition) is 9. The van der Waals surface area contributed by atoms with Gasteiger partial charge in [0, 0.05) is 6.92 Å². The van der Waals surface area contributed by atoms with Crippen LogP contribution >= 0.6 is 0 Å². The number of carbonyl (C=O) groups is 1. The molecule has 0 radical (unpaired) electrons. The molecule has 0 aliphatic carbocycles. The van der Waals surface area contributed by atoms with Crippen molar-refractivity contribution in [3.8, 4) is 0 Å². The Bertz CT molecular complexity index is 925. The summed E-state index contributed by atoms with van der Waals surface area (Å²) in [5.41, 5.74) is 0. The Morgan fingerprint density at radius 3 is 1.69 bits per heavy atom. The third kappa shape index (κ3) is 16.7. The fraction of sp³-hybridized carbons (Fsp3) is 0.919. The minimum atomic E-state index is -1.78. The monoisotopic (exact) mass is 735 g/mol. The lowest BCUT2D eigenvalue weighted by Crippen LogP contribution is -2.65. The van der Waals surface area contributed by atoms with Gasteiger partial charge in [-0.25, -0.2) is 0 Å². The number of aliphatic hydroxyl groups excluding tert-OH is 8. The molecule has 0 saturated carbocycles. The lowest BCUT2D eigenvalue weighted by molar-refractivity contribution is -0.359. The van der Waals surface area contributed by atoms with Gasteiger partial charge in [-0.05, 0) is 12.8 Å². The maximum Gasteiger partial charge on any atom is 0.217 e. The zero-order chi connectivity index (χ0) is 37.6. The first-order valence-electron chi connectivity index (χ1n) is 19.4. The van der Waals surface area contributed by atoms with Gasteiger partial charge < -0.3 is 65.1 Å². The summed E-state index contributed by atoms with van der Waals surface area (Å²) in [4.78, 5) is 11.9. The van der Waals surface area contributed by atoms with Gasteiger partial charge in [0.05, 0.1) is 32.0 Å². The van der Waals surface area contributed by atoms with E-state index in [0.29, 0.717) is 0 Å². The van der Waals surface area contributed by atoms with Gasteiger partial charge in [0.1, 0.15) is 48.8 Å². The summed E-state index contributed by atoms with van der Waals surface area (Å²) in [6.45, 7) is 1.81. The van der Waals surface area contributed by atoms with Crippen LogP contribution in [0.3, 0.4) is 0 Å². The van der Waals surface area contributed by atoms with Crippen molar-refractivity contribution < 1.29 is 64.6 Å². The van der Waals surface area contributed by atoms with Crippen molar-refractivity contribution >= 4 is 5.91 Å². The van der Waals surface area contributed by atoms with Crippen LogP contribution in [0.25, 0.3) is 0 Å². The van der Waals surface area contributed by atoms with Crippen molar-refractivity contribution in [1.82, 2.24) is 5.32 Å². The Balaban J connectivity index is 1.70. The van der Waals surface area contributed by atoms with Crippen LogP contribution in [0.15, 0.2) is 12.2 Å². The average molecular weight is 736 g/mol. The van der Waals surface area contributed by atoms with Crippen LogP contribution in [0.2, 0.25) is 0 Å². The van der Waals surface area contributed by atoms with E-state index in [1.54, 1.807) is 6.08 Å². The fourth-order valence-corrected chi connectivity index (χ4v) is 6.56. The van der Waals surface area contributed by atoms with Gasteiger partial charge in [-0.2, -0.15) is 0 Å². The molecule has 0 aromatic heterocycles. The number of rotatable bonds is 27. The first-order chi connectivity index (χ1) is 24.5. The quantitative estimate of drug-likeness (QED) is 0.0433. The fourth-order valence-electron chi connectivity index (χ4n) is 6.56. The molecule has 2 aliphatic heterocycles. The minimum absolute atomic E-state index is 0.311. The summed E-state index contributed by atoms with van der Waals surface area (Å²) in [5.74, 6) is -0.416. The summed E-state index contributed by atoms with van der Waals surface area (Å²) in [5, 5.41) is 84.7. The SMILES string of the molecule is CCCCCCCCCCCCCCCCCC/C=C/C(O)C(COC1OC(CO)C(OC2OC(CO)C(O)C(O)C2O)C(O)C1O)NC(C)=O. The first kappa shape index (κ1) is 45.9. The van der Waals surface area contributed by atoms with Crippen LogP contribution in [0, 0.1) is 0 Å². The van der Waals surface area contributed by atoms with Crippen molar-refractivity contribution in [3.05, 3.63) is 12.2 Å². The number of unbranched alkanes of at least 4 members (excludes halogenated alkanes) is 16. The van der Waals surface area contributed by atoms with E-state index in [0.717, 1.165) is 19.3 Å². The van der Waals surface area contributed by atoms with Crippen LogP contribution in [-0.4, -0.2) is 140 Å². The van der Waals surface area contributed by atoms with Gasteiger partial charge in [0.15, 0.2) is 12.6 Å². The molecule has 2 saturated heterocycles. The zero-order valence-electron chi connectivity index (χ0n) is 30.8. The van der Waals surface area contributed by atoms with Crippen molar-refractivity contribution in [2.75, 3.05) is 19.8 Å². The van der Waals surface area contributed by atoms with Gasteiger partial charge in [0.25, 0.3) is 0 Å². The molecule has 2 aliphatic rings. The molecule has 2 fully saturated rings. The number of hydrogen-bond acceptors (Lipinski definition) is 13. The largest absolute Gasteiger partial charge is 0.394 e. The molecule has 12 atom stereocenters. The summed E-state index contributed by atoms with van der Waals surface area (Å²) in [6, 6.07) is -0.909. The van der Waals surface area contributed by atoms with Crippen LogP contribution in [0.1, 0.15) is 123 Å². The molecule has 2 heterocycles. The molecule has 14 nitrogen and oxygen atoms in total. The van der Waals surface area contributed by atoms with Crippen LogP contribution < -0.4 is 5.32 Å². The number of aliphatic hydroxyl groups is 8. The van der Waals surface area contributed by atoms with Gasteiger partial charge >= 0.3 is 0 Å². The van der Waals surface area contributed by atoms with Gasteiger partial charge in [-0.15, -0.1) is 0 Å². The Labute approximate surface area is 304 Å². The van der Waals surface area contributed by atoms with E-state index in [1.807, 2.05) is 6.08 Å². The van der Waals surface area contributed by atoms with E-state index in [9.17, 15) is 45.6 Å². The highest BCUT2D eigenvalue weighted by Gasteiger charge is 2.50. The molecule has 0 aromatic rings. The van der Waals surface area contributed by atoms with Crippen LogP contribution in [-0.2, 0) is 23.7 Å². The number of ether oxygens (including phenoxy) is 4. The highest BCUT2D eigenvalue weighted by atomic mass is 16.7. The van der Waals surface area contributed by atoms with Crippen LogP contribution in [0.4, 0.5) is 0 Å². The van der Waals surface area contributed by atoms with Crippen LogP contribution in [0.5, 0.6) is 0 Å². The Kier molecular flexibility index (Phi) is 23.8. The Morgan fingerprint density at radius 1 is 0.686 bits per heavy atom. The van der Waals surface area contributed by atoms with Crippen molar-refractivity contribution in [2.45, 2.75) is 197 Å². The highest BCUT2D eigenvalue weighted by Crippen LogP contribution is 2.29. The summed E-state index contributed by atoms with van der Waals surface area (Å²) >= 11 is 0.